The van der Waals surface area contributed by atoms with E-state index in [-0.39, 0.29) is 5.91 Å². The molecule has 0 saturated heterocycles. The van der Waals surface area contributed by atoms with Crippen LogP contribution < -0.4 is 5.32 Å². The molecule has 1 heterocycles. The topological polar surface area (TPSA) is 55.1 Å². The van der Waals surface area contributed by atoms with Crippen LogP contribution in [0.4, 0.5) is 0 Å². The normalized spacial score (nSPS) is 10.6. The molecular weight excluding hydrogens is 284 g/mol. The molecule has 0 unspecified atom stereocenters. The number of nitrogens with zero attached hydrogens (tertiary/aromatic N) is 1. The van der Waals surface area contributed by atoms with Crippen LogP contribution in [-0.2, 0) is 17.0 Å². The standard InChI is InChI=1S/C16H20N2O2S/c1-12-15(13(2)20-18-12)10-16(19)17-8-9-21-11-14-6-4-3-5-7-14/h3-7H,8-11H2,1-2H3,(H,17,19). The summed E-state index contributed by atoms with van der Waals surface area (Å²) in [5.41, 5.74) is 3.00. The molecule has 2 rings (SSSR count). The molecule has 4 nitrogen and oxygen atoms in total. The molecule has 2 aromatic rings. The fourth-order valence-electron chi connectivity index (χ4n) is 2.00. The number of nitrogens with one attached hydrogen (secondary N) is 1. The largest absolute Gasteiger partial charge is 0.361 e. The summed E-state index contributed by atoms with van der Waals surface area (Å²) in [6.45, 7) is 4.37. The van der Waals surface area contributed by atoms with Crippen LogP contribution in [0, 0.1) is 13.8 Å². The van der Waals surface area contributed by atoms with Gasteiger partial charge in [0.05, 0.1) is 12.1 Å². The highest BCUT2D eigenvalue weighted by Gasteiger charge is 2.12. The fraction of sp³-hybridized carbons (Fsp3) is 0.375. The molecule has 1 N–H and O–H groups in total. The van der Waals surface area contributed by atoms with Crippen LogP contribution in [0.15, 0.2) is 34.9 Å². The molecule has 0 aliphatic carbocycles. The number of benzene rings is 1. The maximum Gasteiger partial charge on any atom is 0.224 e. The summed E-state index contributed by atoms with van der Waals surface area (Å²) in [5.74, 6) is 2.62. The van der Waals surface area contributed by atoms with Crippen molar-refractivity contribution in [2.45, 2.75) is 26.0 Å². The molecule has 21 heavy (non-hydrogen) atoms. The molecular formula is C16H20N2O2S. The van der Waals surface area contributed by atoms with E-state index >= 15 is 0 Å². The zero-order valence-electron chi connectivity index (χ0n) is 12.4. The first-order valence-electron chi connectivity index (χ1n) is 6.97. The molecule has 1 aromatic heterocycles. The second-order valence-corrected chi connectivity index (χ2v) is 5.97. The number of thioether (sulfide) groups is 1. The van der Waals surface area contributed by atoms with Crippen molar-refractivity contribution >= 4 is 17.7 Å². The highest BCUT2D eigenvalue weighted by atomic mass is 32.2. The Bertz CT molecular complexity index is 562. The molecule has 0 saturated carbocycles. The van der Waals surface area contributed by atoms with Gasteiger partial charge in [-0.3, -0.25) is 4.79 Å². The van der Waals surface area contributed by atoms with Crippen molar-refractivity contribution in [2.75, 3.05) is 12.3 Å². The minimum absolute atomic E-state index is 0.0183. The summed E-state index contributed by atoms with van der Waals surface area (Å²) in [4.78, 5) is 11.9. The first kappa shape index (κ1) is 15.6. The van der Waals surface area contributed by atoms with Crippen molar-refractivity contribution in [1.82, 2.24) is 10.5 Å². The van der Waals surface area contributed by atoms with E-state index in [1.165, 1.54) is 5.56 Å². The van der Waals surface area contributed by atoms with Crippen molar-refractivity contribution in [1.29, 1.82) is 0 Å². The van der Waals surface area contributed by atoms with Crippen LogP contribution in [0.2, 0.25) is 0 Å². The first-order chi connectivity index (χ1) is 10.2. The molecule has 0 fully saturated rings. The van der Waals surface area contributed by atoms with Crippen molar-refractivity contribution in [3.8, 4) is 0 Å². The van der Waals surface area contributed by atoms with Gasteiger partial charge >= 0.3 is 0 Å². The maximum atomic E-state index is 11.9. The minimum atomic E-state index is 0.0183. The average molecular weight is 304 g/mol. The molecule has 5 heteroatoms. The number of hydrogen-bond acceptors (Lipinski definition) is 4. The highest BCUT2D eigenvalue weighted by molar-refractivity contribution is 7.98. The third kappa shape index (κ3) is 4.93. The van der Waals surface area contributed by atoms with Gasteiger partial charge < -0.3 is 9.84 Å². The summed E-state index contributed by atoms with van der Waals surface area (Å²) in [6.07, 6.45) is 0.338. The van der Waals surface area contributed by atoms with Gasteiger partial charge in [-0.15, -0.1) is 0 Å². The van der Waals surface area contributed by atoms with Gasteiger partial charge in [-0.1, -0.05) is 35.5 Å². The molecule has 1 amide bonds. The summed E-state index contributed by atoms with van der Waals surface area (Å²) in [7, 11) is 0. The van der Waals surface area contributed by atoms with Gasteiger partial charge in [-0.25, -0.2) is 0 Å². The van der Waals surface area contributed by atoms with Crippen LogP contribution in [0.25, 0.3) is 0 Å². The number of hydrogen-bond donors (Lipinski definition) is 1. The van der Waals surface area contributed by atoms with Gasteiger partial charge in [-0.05, 0) is 19.4 Å². The Labute approximate surface area is 129 Å². The molecule has 112 valence electrons. The van der Waals surface area contributed by atoms with Crippen molar-refractivity contribution in [2.24, 2.45) is 0 Å². The Hall–Kier alpha value is -1.75. The Morgan fingerprint density at radius 3 is 2.71 bits per heavy atom. The SMILES string of the molecule is Cc1noc(C)c1CC(=O)NCCSCc1ccccc1. The lowest BCUT2D eigenvalue weighted by Gasteiger charge is -2.05. The van der Waals surface area contributed by atoms with Crippen molar-refractivity contribution in [3.63, 3.8) is 0 Å². The fourth-order valence-corrected chi connectivity index (χ4v) is 2.82. The van der Waals surface area contributed by atoms with Gasteiger partial charge in [0, 0.05) is 23.6 Å². The van der Waals surface area contributed by atoms with Crippen molar-refractivity contribution < 1.29 is 9.32 Å². The van der Waals surface area contributed by atoms with Gasteiger partial charge in [0.25, 0.3) is 0 Å². The quantitative estimate of drug-likeness (QED) is 0.799. The van der Waals surface area contributed by atoms with Gasteiger partial charge in [0.15, 0.2) is 0 Å². The number of carbonyl (C=O) groups excluding carboxylic acids is 1. The predicted octanol–water partition coefficient (Wildman–Crippen LogP) is 2.88. The van der Waals surface area contributed by atoms with E-state index in [0.29, 0.717) is 13.0 Å². The lowest BCUT2D eigenvalue weighted by atomic mass is 10.1. The zero-order chi connectivity index (χ0) is 15.1. The minimum Gasteiger partial charge on any atom is -0.361 e. The molecule has 1 aromatic carbocycles. The van der Waals surface area contributed by atoms with Crippen LogP contribution in [-0.4, -0.2) is 23.4 Å². The van der Waals surface area contributed by atoms with Crippen LogP contribution in [0.1, 0.15) is 22.6 Å². The first-order valence-corrected chi connectivity index (χ1v) is 8.12. The molecule has 0 aliphatic rings. The monoisotopic (exact) mass is 304 g/mol. The van der Waals surface area contributed by atoms with E-state index in [4.69, 9.17) is 4.52 Å². The Morgan fingerprint density at radius 2 is 2.05 bits per heavy atom. The zero-order valence-corrected chi connectivity index (χ0v) is 13.2. The third-order valence-electron chi connectivity index (χ3n) is 3.20. The summed E-state index contributed by atoms with van der Waals surface area (Å²) >= 11 is 1.82. The summed E-state index contributed by atoms with van der Waals surface area (Å²) in [6, 6.07) is 10.3. The van der Waals surface area contributed by atoms with E-state index in [1.807, 2.05) is 43.8 Å². The second kappa shape index (κ2) is 7.88. The van der Waals surface area contributed by atoms with Gasteiger partial charge in [0.1, 0.15) is 5.76 Å². The van der Waals surface area contributed by atoms with E-state index < -0.39 is 0 Å². The predicted molar refractivity (Wildman–Crippen MR) is 85.3 cm³/mol. The average Bonchev–Trinajstić information content (AvgIpc) is 2.80. The number of amides is 1. The Balaban J connectivity index is 1.64. The summed E-state index contributed by atoms with van der Waals surface area (Å²) < 4.78 is 5.05. The third-order valence-corrected chi connectivity index (χ3v) is 4.23. The van der Waals surface area contributed by atoms with Crippen molar-refractivity contribution in [3.05, 3.63) is 52.9 Å². The smallest absolute Gasteiger partial charge is 0.224 e. The van der Waals surface area contributed by atoms with Crippen LogP contribution in [0.5, 0.6) is 0 Å². The number of rotatable bonds is 7. The summed E-state index contributed by atoms with van der Waals surface area (Å²) in [5, 5.41) is 6.79. The van der Waals surface area contributed by atoms with Crippen LogP contribution >= 0.6 is 11.8 Å². The molecule has 0 spiro atoms. The number of aryl methyl sites for hydroxylation is 2. The number of carbonyl (C=O) groups is 1. The van der Waals surface area contributed by atoms with E-state index in [2.05, 4.69) is 22.6 Å². The Kier molecular flexibility index (Phi) is 5.87. The molecule has 0 bridgehead atoms. The highest BCUT2D eigenvalue weighted by Crippen LogP contribution is 2.13. The Morgan fingerprint density at radius 1 is 1.29 bits per heavy atom. The second-order valence-electron chi connectivity index (χ2n) is 4.87. The van der Waals surface area contributed by atoms with E-state index in [0.717, 1.165) is 28.5 Å². The molecule has 0 aliphatic heterocycles. The number of aromatic nitrogens is 1. The van der Waals surface area contributed by atoms with E-state index in [1.54, 1.807) is 0 Å². The lowest BCUT2D eigenvalue weighted by molar-refractivity contribution is -0.120. The maximum absolute atomic E-state index is 11.9. The molecule has 0 atom stereocenters. The lowest BCUT2D eigenvalue weighted by Crippen LogP contribution is -2.27. The van der Waals surface area contributed by atoms with Gasteiger partial charge in [0.2, 0.25) is 5.91 Å². The van der Waals surface area contributed by atoms with Gasteiger partial charge in [-0.2, -0.15) is 11.8 Å². The van der Waals surface area contributed by atoms with E-state index in [9.17, 15) is 4.79 Å². The van der Waals surface area contributed by atoms with Crippen LogP contribution in [0.3, 0.4) is 0 Å². The molecule has 0 radical (unpaired) electrons.